The van der Waals surface area contributed by atoms with Crippen LogP contribution in [0.2, 0.25) is 0 Å². The van der Waals surface area contributed by atoms with E-state index in [2.05, 4.69) is 20.9 Å². The maximum atomic E-state index is 16.8. The number of alkyl halides is 1. The molecule has 7 nitrogen and oxygen atoms in total. The molecule has 0 aliphatic carbocycles. The molecule has 0 unspecified atom stereocenters. The minimum absolute atomic E-state index is 0.154. The van der Waals surface area contributed by atoms with Crippen LogP contribution in [-0.2, 0) is 14.5 Å². The topological polar surface area (TPSA) is 128 Å². The smallest absolute Gasteiger partial charge is 0.322 e. The third-order valence-corrected chi connectivity index (χ3v) is 10.2. The summed E-state index contributed by atoms with van der Waals surface area (Å²) < 4.78 is 42.4. The van der Waals surface area contributed by atoms with Crippen LogP contribution in [0.1, 0.15) is 84.0 Å². The Kier molecular flexibility index (Phi) is 8.38. The Hall–Kier alpha value is -0.140. The third-order valence-electron chi connectivity index (χ3n) is 5.76. The van der Waals surface area contributed by atoms with E-state index in [1.165, 1.54) is 33.9 Å². The predicted octanol–water partition coefficient (Wildman–Crippen LogP) is 5.62. The van der Waals surface area contributed by atoms with Crippen molar-refractivity contribution in [3.63, 3.8) is 0 Å². The van der Waals surface area contributed by atoms with Crippen LogP contribution in [-0.4, -0.2) is 29.7 Å². The molecule has 4 N–H and O–H groups in total. The van der Waals surface area contributed by atoms with Gasteiger partial charge in [-0.05, 0) is 50.7 Å². The maximum Gasteiger partial charge on any atom is 0.376 e. The van der Waals surface area contributed by atoms with Gasteiger partial charge in [-0.25, -0.2) is 4.39 Å². The molecule has 0 saturated heterocycles. The second kappa shape index (κ2) is 9.01. The molecule has 0 bridgehead atoms. The van der Waals surface area contributed by atoms with Crippen molar-refractivity contribution in [3.05, 3.63) is 27.5 Å². The van der Waals surface area contributed by atoms with Crippen molar-refractivity contribution in [1.29, 1.82) is 0 Å². The van der Waals surface area contributed by atoms with Crippen molar-refractivity contribution in [3.8, 4) is 0 Å². The van der Waals surface area contributed by atoms with Crippen LogP contribution in [0, 0.1) is 11.8 Å². The summed E-state index contributed by atoms with van der Waals surface area (Å²) >= 11 is 3.42. The molecule has 11 heteroatoms. The molecule has 174 valence electrons. The lowest BCUT2D eigenvalue weighted by Crippen LogP contribution is -2.56. The summed E-state index contributed by atoms with van der Waals surface area (Å²) in [4.78, 5) is 44.8. The summed E-state index contributed by atoms with van der Waals surface area (Å²) in [7, 11) is -12.0. The lowest BCUT2D eigenvalue weighted by Gasteiger charge is -2.52. The van der Waals surface area contributed by atoms with Gasteiger partial charge in [0.25, 0.3) is 0 Å². The molecule has 0 radical (unpaired) electrons. The van der Waals surface area contributed by atoms with Gasteiger partial charge in [-0.3, -0.25) is 14.1 Å². The van der Waals surface area contributed by atoms with Crippen molar-refractivity contribution in [2.75, 3.05) is 0 Å². The molecule has 0 fully saturated rings. The SMILES string of the molecule is CC(C)c1ncc(Br)c(C(C)C)c1C(C(C)C)(C(C)C)C(F)(P(=O)(O)O)P(=O)(O)O. The highest BCUT2D eigenvalue weighted by Crippen LogP contribution is 2.79. The molecule has 1 aromatic heterocycles. The van der Waals surface area contributed by atoms with Gasteiger partial charge in [0.15, 0.2) is 0 Å². The van der Waals surface area contributed by atoms with Crippen LogP contribution in [0.25, 0.3) is 0 Å². The zero-order valence-electron chi connectivity index (χ0n) is 18.6. The summed E-state index contributed by atoms with van der Waals surface area (Å²) in [5.41, 5.74) is -1.20. The van der Waals surface area contributed by atoms with E-state index in [1.54, 1.807) is 13.8 Å². The summed E-state index contributed by atoms with van der Waals surface area (Å²) in [6, 6.07) is 0. The number of rotatable bonds is 8. The molecule has 0 atom stereocenters. The average Bonchev–Trinajstić information content (AvgIpc) is 2.51. The summed E-state index contributed by atoms with van der Waals surface area (Å²) in [5.74, 6) is -2.33. The fourth-order valence-electron chi connectivity index (χ4n) is 4.74. The van der Waals surface area contributed by atoms with E-state index in [0.717, 1.165) is 0 Å². The number of pyridine rings is 1. The number of halogens is 2. The summed E-state index contributed by atoms with van der Waals surface area (Å²) in [6.07, 6.45) is 1.54. The zero-order valence-corrected chi connectivity index (χ0v) is 22.0. The number of hydrogen-bond donors (Lipinski definition) is 4. The molecule has 0 saturated carbocycles. The van der Waals surface area contributed by atoms with Crippen molar-refractivity contribution >= 4 is 31.1 Å². The Morgan fingerprint density at radius 3 is 1.57 bits per heavy atom. The first-order valence-corrected chi connectivity index (χ1v) is 13.8. The van der Waals surface area contributed by atoms with Crippen molar-refractivity contribution in [2.24, 2.45) is 11.8 Å². The highest BCUT2D eigenvalue weighted by Gasteiger charge is 2.76. The molecule has 1 heterocycles. The lowest BCUT2D eigenvalue weighted by atomic mass is 9.61. The van der Waals surface area contributed by atoms with E-state index in [1.807, 2.05) is 13.8 Å². The van der Waals surface area contributed by atoms with Crippen molar-refractivity contribution in [1.82, 2.24) is 4.98 Å². The molecule has 0 aromatic carbocycles. The molecule has 1 rings (SSSR count). The van der Waals surface area contributed by atoms with Crippen LogP contribution in [0.5, 0.6) is 0 Å². The van der Waals surface area contributed by atoms with Crippen molar-refractivity contribution < 1.29 is 33.1 Å². The maximum absolute atomic E-state index is 16.8. The second-order valence-corrected chi connectivity index (χ2v) is 13.6. The number of nitrogens with zero attached hydrogens (tertiary/aromatic N) is 1. The second-order valence-electron chi connectivity index (χ2n) is 8.94. The fraction of sp³-hybridized carbons (Fsp3) is 0.737. The lowest BCUT2D eigenvalue weighted by molar-refractivity contribution is 0.0630. The van der Waals surface area contributed by atoms with E-state index in [-0.39, 0.29) is 17.4 Å². The Morgan fingerprint density at radius 2 is 1.30 bits per heavy atom. The molecule has 0 aliphatic rings. The van der Waals surface area contributed by atoms with Crippen LogP contribution in [0.3, 0.4) is 0 Å². The Morgan fingerprint density at radius 1 is 0.900 bits per heavy atom. The monoisotopic (exact) mass is 531 g/mol. The van der Waals surface area contributed by atoms with E-state index in [9.17, 15) is 28.7 Å². The predicted molar refractivity (Wildman–Crippen MR) is 119 cm³/mol. The molecular formula is C19H33BrFNO6P2. The number of hydrogen-bond acceptors (Lipinski definition) is 3. The Balaban J connectivity index is 4.58. The normalized spacial score (nSPS) is 14.5. The summed E-state index contributed by atoms with van der Waals surface area (Å²) in [6.45, 7) is 13.3. The zero-order chi connectivity index (χ0) is 24.0. The quantitative estimate of drug-likeness (QED) is 0.320. The van der Waals surface area contributed by atoms with Gasteiger partial charge in [0.05, 0.1) is 5.41 Å². The third kappa shape index (κ3) is 4.12. The number of aromatic nitrogens is 1. The van der Waals surface area contributed by atoms with Gasteiger partial charge in [0.2, 0.25) is 0 Å². The molecule has 0 spiro atoms. The van der Waals surface area contributed by atoms with Crippen LogP contribution >= 0.6 is 31.1 Å². The first kappa shape index (κ1) is 27.9. The van der Waals surface area contributed by atoms with Gasteiger partial charge in [0.1, 0.15) is 0 Å². The van der Waals surface area contributed by atoms with Gasteiger partial charge >= 0.3 is 20.3 Å². The molecule has 30 heavy (non-hydrogen) atoms. The summed E-state index contributed by atoms with van der Waals surface area (Å²) in [5, 5.41) is -4.15. The van der Waals surface area contributed by atoms with Gasteiger partial charge < -0.3 is 19.6 Å². The first-order chi connectivity index (χ1) is 13.3. The van der Waals surface area contributed by atoms with Gasteiger partial charge in [-0.15, -0.1) is 0 Å². The van der Waals surface area contributed by atoms with E-state index >= 15 is 4.39 Å². The average molecular weight is 532 g/mol. The van der Waals surface area contributed by atoms with Crippen molar-refractivity contribution in [2.45, 2.75) is 77.8 Å². The van der Waals surface area contributed by atoms with E-state index in [0.29, 0.717) is 15.7 Å². The van der Waals surface area contributed by atoms with E-state index in [4.69, 9.17) is 0 Å². The highest BCUT2D eigenvalue weighted by molar-refractivity contribution is 9.10. The largest absolute Gasteiger partial charge is 0.376 e. The minimum atomic E-state index is -5.99. The highest BCUT2D eigenvalue weighted by atomic mass is 79.9. The molecule has 0 aliphatic heterocycles. The van der Waals surface area contributed by atoms with Gasteiger partial charge in [0, 0.05) is 16.4 Å². The van der Waals surface area contributed by atoms with E-state index < -0.39 is 37.6 Å². The van der Waals surface area contributed by atoms with Crippen LogP contribution < -0.4 is 0 Å². The Bertz CT molecular complexity index is 848. The molecule has 1 aromatic rings. The molecule has 0 amide bonds. The van der Waals surface area contributed by atoms with Crippen LogP contribution in [0.4, 0.5) is 4.39 Å². The fourth-order valence-corrected chi connectivity index (χ4v) is 9.08. The molecular weight excluding hydrogens is 499 g/mol. The van der Waals surface area contributed by atoms with Gasteiger partial charge in [-0.2, -0.15) is 0 Å². The standard InChI is InChI=1S/C19H33BrFNO6P2/c1-10(2)15-14(20)9-22-17(11(3)4)16(15)18(12(5)6,13(7)8)19(21,29(23,24)25)30(26,27)28/h9-13H,1-8H3,(H2,23,24,25)(H2,26,27,28). The van der Waals surface area contributed by atoms with Crippen LogP contribution in [0.15, 0.2) is 10.7 Å². The van der Waals surface area contributed by atoms with Gasteiger partial charge in [-0.1, -0.05) is 55.4 Å². The minimum Gasteiger partial charge on any atom is -0.322 e. The first-order valence-electron chi connectivity index (χ1n) is 9.78. The Labute approximate surface area is 186 Å².